The van der Waals surface area contributed by atoms with Gasteiger partial charge >= 0.3 is 0 Å². The average molecular weight is 328 g/mol. The molecular formula is C18H24N4S. The zero-order valence-corrected chi connectivity index (χ0v) is 14.8. The second-order valence-corrected chi connectivity index (χ2v) is 6.78. The highest BCUT2D eigenvalue weighted by molar-refractivity contribution is 7.80. The van der Waals surface area contributed by atoms with Crippen molar-refractivity contribution in [3.63, 3.8) is 0 Å². The Morgan fingerprint density at radius 1 is 1.26 bits per heavy atom. The molecule has 1 fully saturated rings. The molecule has 1 N–H and O–H groups in total. The lowest BCUT2D eigenvalue weighted by molar-refractivity contribution is 0.277. The molecule has 3 rings (SSSR count). The summed E-state index contributed by atoms with van der Waals surface area (Å²) in [5.41, 5.74) is 2.33. The summed E-state index contributed by atoms with van der Waals surface area (Å²) in [5.74, 6) is 0.546. The Bertz CT molecular complexity index is 665. The van der Waals surface area contributed by atoms with E-state index >= 15 is 0 Å². The van der Waals surface area contributed by atoms with Crippen molar-refractivity contribution in [1.82, 2.24) is 19.8 Å². The predicted molar refractivity (Wildman–Crippen MR) is 97.1 cm³/mol. The van der Waals surface area contributed by atoms with Crippen molar-refractivity contribution in [3.8, 4) is 0 Å². The van der Waals surface area contributed by atoms with E-state index in [1.807, 2.05) is 18.3 Å². The maximum absolute atomic E-state index is 5.64. The van der Waals surface area contributed by atoms with Gasteiger partial charge in [-0.05, 0) is 49.3 Å². The second-order valence-electron chi connectivity index (χ2n) is 6.39. The molecule has 0 amide bonds. The van der Waals surface area contributed by atoms with Crippen molar-refractivity contribution in [2.75, 3.05) is 6.54 Å². The van der Waals surface area contributed by atoms with Crippen LogP contribution in [0, 0.1) is 5.92 Å². The molecule has 23 heavy (non-hydrogen) atoms. The number of hydrogen-bond donors (Lipinski definition) is 1. The summed E-state index contributed by atoms with van der Waals surface area (Å²) in [5, 5.41) is 4.32. The van der Waals surface area contributed by atoms with E-state index in [0.717, 1.165) is 23.9 Å². The highest BCUT2D eigenvalue weighted by Crippen LogP contribution is 2.38. The number of nitrogens with zero attached hydrogens (tertiary/aromatic N) is 3. The quantitative estimate of drug-likeness (QED) is 0.851. The summed E-state index contributed by atoms with van der Waals surface area (Å²) in [4.78, 5) is 6.89. The molecule has 122 valence electrons. The fraction of sp³-hybridized carbons (Fsp3) is 0.444. The van der Waals surface area contributed by atoms with Gasteiger partial charge in [-0.3, -0.25) is 4.98 Å². The molecule has 0 radical (unpaired) electrons. The predicted octanol–water partition coefficient (Wildman–Crippen LogP) is 3.53. The van der Waals surface area contributed by atoms with Crippen LogP contribution < -0.4 is 5.32 Å². The van der Waals surface area contributed by atoms with Crippen molar-refractivity contribution in [1.29, 1.82) is 0 Å². The molecule has 2 unspecified atom stereocenters. The minimum Gasteiger partial charge on any atom is -0.352 e. The molecule has 1 aliphatic rings. The third-order valence-corrected chi connectivity index (χ3v) is 4.62. The van der Waals surface area contributed by atoms with Gasteiger partial charge in [0.05, 0.1) is 17.8 Å². The minimum atomic E-state index is 0.0858. The Balaban J connectivity index is 2.03. The number of aromatic nitrogens is 2. The van der Waals surface area contributed by atoms with Crippen molar-refractivity contribution >= 4 is 17.3 Å². The third kappa shape index (κ3) is 3.11. The maximum atomic E-state index is 5.64. The molecule has 5 heteroatoms. The van der Waals surface area contributed by atoms with Gasteiger partial charge < -0.3 is 14.8 Å². The smallest absolute Gasteiger partial charge is 0.170 e. The summed E-state index contributed by atoms with van der Waals surface area (Å²) >= 11 is 5.64. The van der Waals surface area contributed by atoms with Crippen LogP contribution in [-0.2, 0) is 6.54 Å². The summed E-state index contributed by atoms with van der Waals surface area (Å²) in [6.07, 6.45) is 3.99. The molecule has 1 aliphatic heterocycles. The van der Waals surface area contributed by atoms with Gasteiger partial charge in [0.1, 0.15) is 0 Å². The van der Waals surface area contributed by atoms with Gasteiger partial charge in [-0.25, -0.2) is 0 Å². The summed E-state index contributed by atoms with van der Waals surface area (Å²) in [7, 11) is 0. The number of rotatable bonds is 5. The fourth-order valence-electron chi connectivity index (χ4n) is 3.30. The van der Waals surface area contributed by atoms with E-state index in [9.17, 15) is 0 Å². The number of aryl methyl sites for hydroxylation is 1. The number of hydrogen-bond acceptors (Lipinski definition) is 2. The topological polar surface area (TPSA) is 33.1 Å². The van der Waals surface area contributed by atoms with E-state index < -0.39 is 0 Å². The lowest BCUT2D eigenvalue weighted by Gasteiger charge is -2.30. The molecule has 1 saturated heterocycles. The summed E-state index contributed by atoms with van der Waals surface area (Å²) < 4.78 is 2.30. The van der Waals surface area contributed by atoms with Gasteiger partial charge in [-0.15, -0.1) is 0 Å². The Hall–Kier alpha value is -1.88. The molecule has 2 atom stereocenters. The van der Waals surface area contributed by atoms with Crippen molar-refractivity contribution in [2.24, 2.45) is 5.92 Å². The van der Waals surface area contributed by atoms with Crippen LogP contribution in [0.1, 0.15) is 44.2 Å². The monoisotopic (exact) mass is 328 g/mol. The molecule has 0 aliphatic carbocycles. The Kier molecular flexibility index (Phi) is 4.66. The zero-order chi connectivity index (χ0) is 16.4. The van der Waals surface area contributed by atoms with Gasteiger partial charge in [0, 0.05) is 31.2 Å². The molecule has 4 nitrogen and oxygen atoms in total. The molecule has 3 heterocycles. The minimum absolute atomic E-state index is 0.0858. The van der Waals surface area contributed by atoms with Crippen molar-refractivity contribution < 1.29 is 0 Å². The van der Waals surface area contributed by atoms with Gasteiger partial charge in [-0.2, -0.15) is 0 Å². The standard InChI is InChI=1S/C18H24N4S/c1-4-21-11-7-9-15(21)17-16(14-8-5-6-10-19-14)20-18(23)22(17)12-13(2)3/h5-11,13,16-17H,4,12H2,1-3H3,(H,20,23). The van der Waals surface area contributed by atoms with Crippen LogP contribution in [0.25, 0.3) is 0 Å². The van der Waals surface area contributed by atoms with E-state index in [4.69, 9.17) is 12.2 Å². The highest BCUT2D eigenvalue weighted by atomic mass is 32.1. The van der Waals surface area contributed by atoms with Gasteiger partial charge in [-0.1, -0.05) is 19.9 Å². The maximum Gasteiger partial charge on any atom is 0.170 e. The van der Waals surface area contributed by atoms with Crippen LogP contribution in [0.3, 0.4) is 0 Å². The first-order chi connectivity index (χ1) is 11.1. The van der Waals surface area contributed by atoms with Crippen molar-refractivity contribution in [3.05, 3.63) is 54.1 Å². The van der Waals surface area contributed by atoms with Crippen LogP contribution in [0.15, 0.2) is 42.7 Å². The number of nitrogens with one attached hydrogen (secondary N) is 1. The largest absolute Gasteiger partial charge is 0.352 e. The fourth-order valence-corrected chi connectivity index (χ4v) is 3.62. The van der Waals surface area contributed by atoms with E-state index in [1.165, 1.54) is 5.69 Å². The third-order valence-electron chi connectivity index (χ3n) is 4.27. The van der Waals surface area contributed by atoms with Gasteiger partial charge in [0.15, 0.2) is 5.11 Å². The molecule has 0 saturated carbocycles. The molecule has 0 spiro atoms. The first kappa shape index (κ1) is 16.0. The van der Waals surface area contributed by atoms with Crippen LogP contribution in [0.4, 0.5) is 0 Å². The lowest BCUT2D eigenvalue weighted by atomic mass is 10.0. The molecule has 2 aromatic heterocycles. The summed E-state index contributed by atoms with van der Waals surface area (Å²) in [6.45, 7) is 8.52. The Labute approximate surface area is 143 Å². The van der Waals surface area contributed by atoms with Crippen molar-refractivity contribution in [2.45, 2.75) is 39.4 Å². The van der Waals surface area contributed by atoms with Crippen LogP contribution >= 0.6 is 12.2 Å². The first-order valence-electron chi connectivity index (χ1n) is 8.25. The van der Waals surface area contributed by atoms with E-state index in [1.54, 1.807) is 0 Å². The summed E-state index contributed by atoms with van der Waals surface area (Å²) in [6, 6.07) is 10.6. The van der Waals surface area contributed by atoms with Crippen LogP contribution in [0.5, 0.6) is 0 Å². The number of thiocarbonyl (C=S) groups is 1. The van der Waals surface area contributed by atoms with Gasteiger partial charge in [0.25, 0.3) is 0 Å². The SMILES string of the molecule is CCn1cccc1C1C(c2ccccn2)NC(=S)N1CC(C)C. The molecule has 0 bridgehead atoms. The zero-order valence-electron chi connectivity index (χ0n) is 13.9. The number of pyridine rings is 1. The van der Waals surface area contributed by atoms with E-state index in [0.29, 0.717) is 5.92 Å². The highest BCUT2D eigenvalue weighted by Gasteiger charge is 2.40. The molecular weight excluding hydrogens is 304 g/mol. The van der Waals surface area contributed by atoms with Crippen LogP contribution in [0.2, 0.25) is 0 Å². The normalized spacial score (nSPS) is 21.0. The second kappa shape index (κ2) is 6.71. The Morgan fingerprint density at radius 3 is 2.74 bits per heavy atom. The average Bonchev–Trinajstić information content (AvgIpc) is 3.12. The van der Waals surface area contributed by atoms with E-state index in [2.05, 4.69) is 64.9 Å². The first-order valence-corrected chi connectivity index (χ1v) is 8.65. The molecule has 2 aromatic rings. The van der Waals surface area contributed by atoms with Crippen LogP contribution in [-0.4, -0.2) is 26.1 Å². The van der Waals surface area contributed by atoms with E-state index in [-0.39, 0.29) is 12.1 Å². The van der Waals surface area contributed by atoms with Gasteiger partial charge in [0.2, 0.25) is 0 Å². The lowest BCUT2D eigenvalue weighted by Crippen LogP contribution is -2.33. The Morgan fingerprint density at radius 2 is 2.09 bits per heavy atom. The molecule has 0 aromatic carbocycles.